The molecule has 0 aliphatic heterocycles. The molecular formula is C12H7Br2FN2OS. The average Bonchev–Trinajstić information content (AvgIpc) is 2.35. The zero-order chi connectivity index (χ0) is 14.0. The van der Waals surface area contributed by atoms with Gasteiger partial charge in [0.2, 0.25) is 0 Å². The highest BCUT2D eigenvalue weighted by molar-refractivity contribution is 9.10. The van der Waals surface area contributed by atoms with Crippen molar-refractivity contribution in [3.63, 3.8) is 0 Å². The second-order valence-electron chi connectivity index (χ2n) is 3.54. The van der Waals surface area contributed by atoms with Crippen molar-refractivity contribution in [1.82, 2.24) is 4.98 Å². The van der Waals surface area contributed by atoms with Crippen molar-refractivity contribution in [3.8, 4) is 11.5 Å². The molecule has 0 atom stereocenters. The smallest absolute Gasteiger partial charge is 0.180 e. The van der Waals surface area contributed by atoms with Gasteiger partial charge in [-0.1, -0.05) is 12.2 Å². The van der Waals surface area contributed by atoms with Crippen LogP contribution in [0.3, 0.4) is 0 Å². The molecule has 0 bridgehead atoms. The highest BCUT2D eigenvalue weighted by Crippen LogP contribution is 2.32. The minimum Gasteiger partial charge on any atom is -0.453 e. The average molecular weight is 406 g/mol. The lowest BCUT2D eigenvalue weighted by Crippen LogP contribution is -2.11. The molecule has 2 N–H and O–H groups in total. The van der Waals surface area contributed by atoms with Crippen LogP contribution in [0.5, 0.6) is 11.5 Å². The van der Waals surface area contributed by atoms with Gasteiger partial charge in [-0.3, -0.25) is 4.98 Å². The number of rotatable bonds is 3. The van der Waals surface area contributed by atoms with Crippen molar-refractivity contribution in [2.45, 2.75) is 0 Å². The summed E-state index contributed by atoms with van der Waals surface area (Å²) < 4.78 is 20.4. The van der Waals surface area contributed by atoms with E-state index in [2.05, 4.69) is 36.8 Å². The van der Waals surface area contributed by atoms with E-state index in [9.17, 15) is 4.39 Å². The molecule has 98 valence electrons. The minimum atomic E-state index is -0.565. The van der Waals surface area contributed by atoms with Gasteiger partial charge in [0.05, 0.1) is 10.7 Å². The number of nitrogens with zero attached hydrogens (tertiary/aromatic N) is 1. The summed E-state index contributed by atoms with van der Waals surface area (Å²) in [4.78, 5) is 4.04. The molecule has 2 rings (SSSR count). The number of aromatic nitrogens is 1. The maximum absolute atomic E-state index is 14.1. The first-order chi connectivity index (χ1) is 8.99. The minimum absolute atomic E-state index is 0.0618. The van der Waals surface area contributed by atoms with Gasteiger partial charge in [0.1, 0.15) is 10.7 Å². The van der Waals surface area contributed by atoms with Crippen LogP contribution >= 0.6 is 44.1 Å². The van der Waals surface area contributed by atoms with Crippen LogP contribution < -0.4 is 10.5 Å². The fourth-order valence-corrected chi connectivity index (χ4v) is 2.56. The molecule has 0 spiro atoms. The van der Waals surface area contributed by atoms with E-state index in [0.717, 1.165) is 4.47 Å². The van der Waals surface area contributed by atoms with Crippen LogP contribution in [0.1, 0.15) is 5.56 Å². The largest absolute Gasteiger partial charge is 0.453 e. The molecule has 0 aliphatic carbocycles. The molecule has 0 fully saturated rings. The summed E-state index contributed by atoms with van der Waals surface area (Å²) in [6.07, 6.45) is 3.09. The van der Waals surface area contributed by atoms with Gasteiger partial charge in [0.25, 0.3) is 0 Å². The van der Waals surface area contributed by atoms with Crippen molar-refractivity contribution in [3.05, 3.63) is 50.9 Å². The van der Waals surface area contributed by atoms with Crippen LogP contribution in [0.2, 0.25) is 0 Å². The first kappa shape index (κ1) is 14.4. The van der Waals surface area contributed by atoms with Crippen molar-refractivity contribution >= 4 is 49.1 Å². The molecule has 1 aromatic heterocycles. The Labute approximate surface area is 131 Å². The predicted octanol–water partition coefficient (Wildman–Crippen LogP) is 4.17. The quantitative estimate of drug-likeness (QED) is 0.778. The Morgan fingerprint density at radius 3 is 2.68 bits per heavy atom. The van der Waals surface area contributed by atoms with Crippen LogP contribution in [0.15, 0.2) is 39.5 Å². The lowest BCUT2D eigenvalue weighted by atomic mass is 10.2. The first-order valence-corrected chi connectivity index (χ1v) is 7.04. The summed E-state index contributed by atoms with van der Waals surface area (Å²) >= 11 is 11.2. The number of thiocarbonyl (C=S) groups is 1. The normalized spacial score (nSPS) is 10.3. The van der Waals surface area contributed by atoms with Crippen molar-refractivity contribution in [2.75, 3.05) is 0 Å². The zero-order valence-corrected chi connectivity index (χ0v) is 13.4. The lowest BCUT2D eigenvalue weighted by molar-refractivity contribution is 0.438. The standard InChI is InChI=1S/C12H7Br2FN2OS/c13-6-3-7(5-17-4-6)18-9-2-1-8(12(16)19)10(14)11(9)15/h1-5H,(H2,16,19). The first-order valence-electron chi connectivity index (χ1n) is 5.05. The van der Waals surface area contributed by atoms with Gasteiger partial charge in [-0.25, -0.2) is 4.39 Å². The van der Waals surface area contributed by atoms with Crippen LogP contribution in [-0.4, -0.2) is 9.97 Å². The fourth-order valence-electron chi connectivity index (χ4n) is 1.38. The molecule has 0 radical (unpaired) electrons. The van der Waals surface area contributed by atoms with Gasteiger partial charge in [-0.2, -0.15) is 0 Å². The number of halogens is 3. The third kappa shape index (κ3) is 3.29. The molecule has 0 saturated carbocycles. The lowest BCUT2D eigenvalue weighted by Gasteiger charge is -2.10. The van der Waals surface area contributed by atoms with Crippen LogP contribution in [0, 0.1) is 5.82 Å². The summed E-state index contributed by atoms with van der Waals surface area (Å²) in [6, 6.07) is 4.74. The molecule has 0 saturated heterocycles. The molecule has 3 nitrogen and oxygen atoms in total. The maximum atomic E-state index is 14.1. The Kier molecular flexibility index (Phi) is 4.49. The highest BCUT2D eigenvalue weighted by Gasteiger charge is 2.14. The third-order valence-electron chi connectivity index (χ3n) is 2.22. The van der Waals surface area contributed by atoms with Gasteiger partial charge in [0.15, 0.2) is 11.6 Å². The fraction of sp³-hybridized carbons (Fsp3) is 0. The molecule has 0 aliphatic rings. The maximum Gasteiger partial charge on any atom is 0.180 e. The second-order valence-corrected chi connectivity index (χ2v) is 5.69. The molecule has 2 aromatic rings. The molecule has 1 aromatic carbocycles. The van der Waals surface area contributed by atoms with Gasteiger partial charge in [-0.15, -0.1) is 0 Å². The monoisotopic (exact) mass is 404 g/mol. The van der Waals surface area contributed by atoms with Crippen LogP contribution in [0.25, 0.3) is 0 Å². The molecule has 19 heavy (non-hydrogen) atoms. The van der Waals surface area contributed by atoms with E-state index in [1.54, 1.807) is 18.3 Å². The summed E-state index contributed by atoms with van der Waals surface area (Å²) in [5.41, 5.74) is 5.91. The van der Waals surface area contributed by atoms with Crippen LogP contribution in [-0.2, 0) is 0 Å². The van der Waals surface area contributed by atoms with Crippen LogP contribution in [0.4, 0.5) is 4.39 Å². The number of hydrogen-bond donors (Lipinski definition) is 1. The third-order valence-corrected chi connectivity index (χ3v) is 3.65. The van der Waals surface area contributed by atoms with E-state index in [1.807, 2.05) is 0 Å². The van der Waals surface area contributed by atoms with E-state index in [1.165, 1.54) is 12.3 Å². The summed E-state index contributed by atoms with van der Waals surface area (Å²) in [5.74, 6) is -0.0831. The van der Waals surface area contributed by atoms with Crippen molar-refractivity contribution < 1.29 is 9.13 Å². The Morgan fingerprint density at radius 1 is 1.32 bits per heavy atom. The number of benzene rings is 1. The Balaban J connectivity index is 2.37. The van der Waals surface area contributed by atoms with E-state index in [0.29, 0.717) is 11.3 Å². The number of hydrogen-bond acceptors (Lipinski definition) is 3. The molecular weight excluding hydrogens is 399 g/mol. The van der Waals surface area contributed by atoms with Gasteiger partial charge in [0, 0.05) is 16.2 Å². The predicted molar refractivity (Wildman–Crippen MR) is 82.0 cm³/mol. The molecule has 7 heteroatoms. The van der Waals surface area contributed by atoms with E-state index < -0.39 is 5.82 Å². The summed E-state index contributed by atoms with van der Waals surface area (Å²) in [6.45, 7) is 0. The van der Waals surface area contributed by atoms with Gasteiger partial charge in [-0.05, 0) is 50.1 Å². The summed E-state index contributed by atoms with van der Waals surface area (Å²) in [5, 5.41) is 0. The van der Waals surface area contributed by atoms with E-state index in [-0.39, 0.29) is 15.2 Å². The Morgan fingerprint density at radius 2 is 2.05 bits per heavy atom. The Bertz CT molecular complexity index is 652. The van der Waals surface area contributed by atoms with Crippen molar-refractivity contribution in [2.24, 2.45) is 5.73 Å². The zero-order valence-electron chi connectivity index (χ0n) is 9.36. The summed E-state index contributed by atoms with van der Waals surface area (Å²) in [7, 11) is 0. The van der Waals surface area contributed by atoms with Crippen molar-refractivity contribution in [1.29, 1.82) is 0 Å². The number of ether oxygens (including phenoxy) is 1. The van der Waals surface area contributed by atoms with E-state index in [4.69, 9.17) is 22.7 Å². The van der Waals surface area contributed by atoms with Gasteiger partial charge >= 0.3 is 0 Å². The van der Waals surface area contributed by atoms with Gasteiger partial charge < -0.3 is 10.5 Å². The number of pyridine rings is 1. The molecule has 0 unspecified atom stereocenters. The van der Waals surface area contributed by atoms with E-state index >= 15 is 0 Å². The number of nitrogens with two attached hydrogens (primary N) is 1. The topological polar surface area (TPSA) is 48.1 Å². The SMILES string of the molecule is NC(=S)c1ccc(Oc2cncc(Br)c2)c(F)c1Br. The molecule has 1 heterocycles. The second kappa shape index (κ2) is 5.94. The highest BCUT2D eigenvalue weighted by atomic mass is 79.9. The Hall–Kier alpha value is -1.05. The molecule has 0 amide bonds.